The molecule has 4 N–H and O–H groups in total. The van der Waals surface area contributed by atoms with Crippen LogP contribution in [0.1, 0.15) is 17.3 Å². The van der Waals surface area contributed by atoms with E-state index in [0.29, 0.717) is 36.7 Å². The summed E-state index contributed by atoms with van der Waals surface area (Å²) in [4.78, 5) is 24.8. The third-order valence-electron chi connectivity index (χ3n) is 2.67. The molecule has 0 fully saturated rings. The first-order valence-corrected chi connectivity index (χ1v) is 6.72. The predicted molar refractivity (Wildman–Crippen MR) is 81.4 cm³/mol. The van der Waals surface area contributed by atoms with E-state index in [9.17, 15) is 9.59 Å². The Bertz CT molecular complexity index is 503. The number of nitrogens with zero attached hydrogens (tertiary/aromatic N) is 1. The number of para-hydroxylation sites is 1. The number of nitrogen functional groups attached to an aromatic ring is 1. The minimum absolute atomic E-state index is 0.205. The molecule has 0 aliphatic heterocycles. The minimum atomic E-state index is -0.287. The Morgan fingerprint density at radius 1 is 1.24 bits per heavy atom. The second kappa shape index (κ2) is 7.98. The molecule has 1 rings (SSSR count). The molecule has 116 valence electrons. The van der Waals surface area contributed by atoms with Crippen molar-refractivity contribution < 1.29 is 14.3 Å². The van der Waals surface area contributed by atoms with Crippen molar-refractivity contribution in [2.24, 2.45) is 0 Å². The first-order valence-electron chi connectivity index (χ1n) is 6.72. The maximum absolute atomic E-state index is 12.1. The number of rotatable bonds is 6. The summed E-state index contributed by atoms with van der Waals surface area (Å²) in [5, 5.41) is 5.37. The van der Waals surface area contributed by atoms with E-state index in [1.165, 1.54) is 4.90 Å². The van der Waals surface area contributed by atoms with Gasteiger partial charge in [0.05, 0.1) is 17.9 Å². The van der Waals surface area contributed by atoms with E-state index in [4.69, 9.17) is 10.5 Å². The molecule has 7 heteroatoms. The molecule has 0 spiro atoms. The summed E-state index contributed by atoms with van der Waals surface area (Å²) in [7, 11) is 3.30. The quantitative estimate of drug-likeness (QED) is 0.530. The molecule has 1 aromatic carbocycles. The van der Waals surface area contributed by atoms with Gasteiger partial charge in [0, 0.05) is 27.2 Å². The van der Waals surface area contributed by atoms with Crippen LogP contribution in [0.4, 0.5) is 10.5 Å². The molecule has 0 aromatic heterocycles. The fraction of sp³-hybridized carbons (Fsp3) is 0.429. The van der Waals surface area contributed by atoms with Crippen molar-refractivity contribution in [3.05, 3.63) is 23.8 Å². The van der Waals surface area contributed by atoms with Crippen LogP contribution in [-0.2, 0) is 0 Å². The highest BCUT2D eigenvalue weighted by Crippen LogP contribution is 2.26. The van der Waals surface area contributed by atoms with Gasteiger partial charge in [-0.2, -0.15) is 0 Å². The summed E-state index contributed by atoms with van der Waals surface area (Å²) in [6.07, 6.45) is 0. The zero-order chi connectivity index (χ0) is 15.8. The minimum Gasteiger partial charge on any atom is -0.491 e. The maximum Gasteiger partial charge on any atom is 0.316 e. The Morgan fingerprint density at radius 2 is 1.90 bits per heavy atom. The summed E-state index contributed by atoms with van der Waals surface area (Å²) in [6.45, 7) is 2.91. The third-order valence-corrected chi connectivity index (χ3v) is 2.67. The summed E-state index contributed by atoms with van der Waals surface area (Å²) in [5.74, 6) is 0.0969. The van der Waals surface area contributed by atoms with E-state index in [1.807, 2.05) is 6.92 Å². The van der Waals surface area contributed by atoms with Crippen LogP contribution in [0.3, 0.4) is 0 Å². The largest absolute Gasteiger partial charge is 0.491 e. The van der Waals surface area contributed by atoms with Crippen molar-refractivity contribution in [2.75, 3.05) is 39.5 Å². The highest BCUT2D eigenvalue weighted by atomic mass is 16.5. The number of nitrogens with two attached hydrogens (primary N) is 1. The van der Waals surface area contributed by atoms with Gasteiger partial charge in [0.2, 0.25) is 0 Å². The molecule has 0 radical (unpaired) electrons. The first-order chi connectivity index (χ1) is 9.97. The number of hydrogen-bond donors (Lipinski definition) is 3. The monoisotopic (exact) mass is 294 g/mol. The highest BCUT2D eigenvalue weighted by molar-refractivity contribution is 5.98. The normalized spacial score (nSPS) is 9.86. The molecule has 0 atom stereocenters. The second-order valence-electron chi connectivity index (χ2n) is 4.54. The van der Waals surface area contributed by atoms with Crippen LogP contribution < -0.4 is 21.1 Å². The van der Waals surface area contributed by atoms with Gasteiger partial charge >= 0.3 is 6.03 Å². The number of benzene rings is 1. The second-order valence-corrected chi connectivity index (χ2v) is 4.54. The molecule has 0 saturated heterocycles. The fourth-order valence-corrected chi connectivity index (χ4v) is 1.64. The summed E-state index contributed by atoms with van der Waals surface area (Å²) < 4.78 is 5.40. The Kier molecular flexibility index (Phi) is 6.32. The number of ether oxygens (including phenoxy) is 1. The Labute approximate surface area is 124 Å². The molecule has 7 nitrogen and oxygen atoms in total. The zero-order valence-corrected chi connectivity index (χ0v) is 12.6. The van der Waals surface area contributed by atoms with E-state index >= 15 is 0 Å². The molecule has 0 aliphatic carbocycles. The number of carbonyl (C=O) groups excluding carboxylic acids is 2. The van der Waals surface area contributed by atoms with Gasteiger partial charge in [-0.3, -0.25) is 4.79 Å². The standard InChI is InChI=1S/C14H22N4O3/c1-4-21-12-10(6-5-7-11(12)15)13(19)16-8-9-17-14(20)18(2)3/h5-7H,4,8-9,15H2,1-3H3,(H,16,19)(H,17,20). The van der Waals surface area contributed by atoms with Gasteiger partial charge in [-0.25, -0.2) is 4.79 Å². The molecule has 0 heterocycles. The van der Waals surface area contributed by atoms with Crippen LogP contribution in [0.25, 0.3) is 0 Å². The highest BCUT2D eigenvalue weighted by Gasteiger charge is 2.14. The number of urea groups is 1. The van der Waals surface area contributed by atoms with Crippen LogP contribution in [0.5, 0.6) is 5.75 Å². The van der Waals surface area contributed by atoms with Crippen LogP contribution in [0.15, 0.2) is 18.2 Å². The van der Waals surface area contributed by atoms with E-state index in [2.05, 4.69) is 10.6 Å². The van der Waals surface area contributed by atoms with Gasteiger partial charge in [-0.15, -0.1) is 0 Å². The maximum atomic E-state index is 12.1. The number of anilines is 1. The average molecular weight is 294 g/mol. The molecule has 21 heavy (non-hydrogen) atoms. The lowest BCUT2D eigenvalue weighted by Crippen LogP contribution is -2.39. The number of carbonyl (C=O) groups is 2. The molecule has 0 aliphatic rings. The molecule has 0 unspecified atom stereocenters. The molecule has 0 saturated carbocycles. The van der Waals surface area contributed by atoms with Gasteiger partial charge in [0.1, 0.15) is 0 Å². The summed E-state index contributed by atoms with van der Waals surface area (Å²) in [5.41, 5.74) is 6.61. The Hall–Kier alpha value is -2.44. The Balaban J connectivity index is 2.56. The Morgan fingerprint density at radius 3 is 2.52 bits per heavy atom. The van der Waals surface area contributed by atoms with Crippen molar-refractivity contribution in [3.63, 3.8) is 0 Å². The average Bonchev–Trinajstić information content (AvgIpc) is 2.45. The third kappa shape index (κ3) is 4.87. The van der Waals surface area contributed by atoms with Crippen LogP contribution >= 0.6 is 0 Å². The number of amides is 3. The molecule has 0 bridgehead atoms. The van der Waals surface area contributed by atoms with Gasteiger partial charge in [0.15, 0.2) is 5.75 Å². The van der Waals surface area contributed by atoms with Crippen LogP contribution in [0, 0.1) is 0 Å². The van der Waals surface area contributed by atoms with Gasteiger partial charge in [0.25, 0.3) is 5.91 Å². The fourth-order valence-electron chi connectivity index (χ4n) is 1.64. The van der Waals surface area contributed by atoms with E-state index in [-0.39, 0.29) is 11.9 Å². The van der Waals surface area contributed by atoms with Crippen molar-refractivity contribution in [1.82, 2.24) is 15.5 Å². The molecular weight excluding hydrogens is 272 g/mol. The van der Waals surface area contributed by atoms with Gasteiger partial charge in [-0.1, -0.05) is 6.07 Å². The van der Waals surface area contributed by atoms with Gasteiger partial charge < -0.3 is 26.0 Å². The lowest BCUT2D eigenvalue weighted by molar-refractivity contribution is 0.0950. The predicted octanol–water partition coefficient (Wildman–Crippen LogP) is 0.669. The van der Waals surface area contributed by atoms with Crippen LogP contribution in [0.2, 0.25) is 0 Å². The van der Waals surface area contributed by atoms with E-state index < -0.39 is 0 Å². The SMILES string of the molecule is CCOc1c(N)cccc1C(=O)NCCNC(=O)N(C)C. The number of hydrogen-bond acceptors (Lipinski definition) is 4. The zero-order valence-electron chi connectivity index (χ0n) is 12.6. The van der Waals surface area contributed by atoms with Gasteiger partial charge in [-0.05, 0) is 19.1 Å². The molecule has 1 aromatic rings. The first kappa shape index (κ1) is 16.6. The molecule has 3 amide bonds. The lowest BCUT2D eigenvalue weighted by atomic mass is 10.1. The summed E-state index contributed by atoms with van der Waals surface area (Å²) >= 11 is 0. The van der Waals surface area contributed by atoms with Crippen molar-refractivity contribution in [1.29, 1.82) is 0 Å². The number of nitrogens with one attached hydrogen (secondary N) is 2. The lowest BCUT2D eigenvalue weighted by Gasteiger charge is -2.14. The van der Waals surface area contributed by atoms with Crippen molar-refractivity contribution in [3.8, 4) is 5.75 Å². The topological polar surface area (TPSA) is 96.7 Å². The molecular formula is C14H22N4O3. The van der Waals surface area contributed by atoms with E-state index in [1.54, 1.807) is 32.3 Å². The smallest absolute Gasteiger partial charge is 0.316 e. The van der Waals surface area contributed by atoms with Crippen molar-refractivity contribution >= 4 is 17.6 Å². The van der Waals surface area contributed by atoms with Crippen LogP contribution in [-0.4, -0.2) is 50.6 Å². The van der Waals surface area contributed by atoms with Crippen molar-refractivity contribution in [2.45, 2.75) is 6.92 Å². The summed E-state index contributed by atoms with van der Waals surface area (Å²) in [6, 6.07) is 4.82. The van der Waals surface area contributed by atoms with E-state index in [0.717, 1.165) is 0 Å².